The van der Waals surface area contributed by atoms with Gasteiger partial charge in [-0.1, -0.05) is 80.1 Å². The molecule has 4 atom stereocenters. The number of nitrogens with one attached hydrogen (secondary N) is 1. The van der Waals surface area contributed by atoms with E-state index < -0.39 is 23.5 Å². The molecule has 236 valence electrons. The van der Waals surface area contributed by atoms with Crippen LogP contribution in [0.2, 0.25) is 35.7 Å². The number of sulfonamides is 1. The van der Waals surface area contributed by atoms with Gasteiger partial charge in [-0.3, -0.25) is 4.79 Å². The first kappa shape index (κ1) is 34.2. The number of allylic oxidation sites excluding steroid dienone is 1. The van der Waals surface area contributed by atoms with Gasteiger partial charge in [0.2, 0.25) is 15.9 Å². The number of carbonyl (C=O) groups excluding carboxylic acids is 1. The number of nitrogens with zero attached hydrogens (tertiary/aromatic N) is 1. The van der Waals surface area contributed by atoms with Gasteiger partial charge in [-0.2, -0.15) is 0 Å². The normalized spacial score (nSPS) is 23.8. The predicted molar refractivity (Wildman–Crippen MR) is 180 cm³/mol. The van der Waals surface area contributed by atoms with Crippen molar-refractivity contribution in [2.24, 2.45) is 5.41 Å². The highest BCUT2D eigenvalue weighted by Gasteiger charge is 2.53. The summed E-state index contributed by atoms with van der Waals surface area (Å²) in [4.78, 5) is 16.9. The second-order valence-electron chi connectivity index (χ2n) is 13.4. The largest absolute Gasteiger partial charge is 0.381 e. The second-order valence-corrected chi connectivity index (χ2v) is 21.9. The van der Waals surface area contributed by atoms with Crippen molar-refractivity contribution in [3.8, 4) is 0 Å². The summed E-state index contributed by atoms with van der Waals surface area (Å²) in [7, 11) is -4.78. The van der Waals surface area contributed by atoms with E-state index in [0.29, 0.717) is 48.8 Å². The number of rotatable bonds is 15. The van der Waals surface area contributed by atoms with E-state index in [1.807, 2.05) is 60.4 Å². The number of piperidine rings is 1. The van der Waals surface area contributed by atoms with Crippen molar-refractivity contribution in [1.29, 1.82) is 0 Å². The molecule has 43 heavy (non-hydrogen) atoms. The Bertz CT molecular complexity index is 1380. The van der Waals surface area contributed by atoms with Gasteiger partial charge in [0.15, 0.2) is 0 Å². The van der Waals surface area contributed by atoms with Gasteiger partial charge < -0.3 is 9.64 Å². The Kier molecular flexibility index (Phi) is 11.3. The number of carbonyl (C=O) groups is 1. The molecule has 1 aliphatic carbocycles. The Balaban J connectivity index is 1.82. The molecule has 0 bridgehead atoms. The van der Waals surface area contributed by atoms with Gasteiger partial charge in [0.25, 0.3) is 0 Å². The van der Waals surface area contributed by atoms with Crippen LogP contribution in [0.1, 0.15) is 62.1 Å². The van der Waals surface area contributed by atoms with E-state index in [1.54, 1.807) is 0 Å². The first-order valence-electron chi connectivity index (χ1n) is 15.3. The third-order valence-electron chi connectivity index (χ3n) is 8.73. The Morgan fingerprint density at radius 3 is 2.40 bits per heavy atom. The van der Waals surface area contributed by atoms with Gasteiger partial charge in [0.1, 0.15) is 0 Å². The quantitative estimate of drug-likeness (QED) is 0.120. The summed E-state index contributed by atoms with van der Waals surface area (Å²) in [6.07, 6.45) is 4.73. The topological polar surface area (TPSA) is 75.7 Å². The average molecular weight is 666 g/mol. The van der Waals surface area contributed by atoms with E-state index in [2.05, 4.69) is 37.0 Å². The molecule has 2 aromatic rings. The maximum absolute atomic E-state index is 15.0. The number of hydrogen-bond donors (Lipinski definition) is 1. The number of likely N-dealkylation sites (tertiary alicyclic amines) is 1. The molecule has 2 aromatic carbocycles. The smallest absolute Gasteiger partial charge is 0.232 e. The van der Waals surface area contributed by atoms with Gasteiger partial charge >= 0.3 is 0 Å². The minimum Gasteiger partial charge on any atom is -0.381 e. The molecule has 4 rings (SSSR count). The Morgan fingerprint density at radius 1 is 1.12 bits per heavy atom. The SMILES string of the molecule is C=CC[C@@]1(COCC[Si](C)(C)C)C[C@H](c2cccc(Cl)c2)[C@@H](c2ccc(Cl)cc2)N([C@@H](CC)CNS(=O)(=O)C2CC2)C1=O. The van der Waals surface area contributed by atoms with Gasteiger partial charge in [-0.15, -0.1) is 6.58 Å². The third kappa shape index (κ3) is 8.53. The Morgan fingerprint density at radius 2 is 1.81 bits per heavy atom. The number of halogens is 2. The highest BCUT2D eigenvalue weighted by atomic mass is 35.5. The molecule has 6 nitrogen and oxygen atoms in total. The lowest BCUT2D eigenvalue weighted by Gasteiger charge is -2.53. The lowest BCUT2D eigenvalue weighted by Crippen LogP contribution is -2.59. The van der Waals surface area contributed by atoms with Crippen LogP contribution in [0.5, 0.6) is 0 Å². The average Bonchev–Trinajstić information content (AvgIpc) is 3.80. The molecule has 0 radical (unpaired) electrons. The molecule has 0 unspecified atom stereocenters. The van der Waals surface area contributed by atoms with Crippen LogP contribution in [0.4, 0.5) is 0 Å². The zero-order valence-corrected chi connectivity index (χ0v) is 29.1. The number of amides is 1. The van der Waals surface area contributed by atoms with E-state index >= 15 is 0 Å². The molecule has 1 saturated carbocycles. The summed E-state index contributed by atoms with van der Waals surface area (Å²) in [5, 5.41) is 0.895. The highest BCUT2D eigenvalue weighted by Crippen LogP contribution is 2.52. The molecule has 1 heterocycles. The van der Waals surface area contributed by atoms with E-state index in [4.69, 9.17) is 27.9 Å². The highest BCUT2D eigenvalue weighted by molar-refractivity contribution is 7.90. The summed E-state index contributed by atoms with van der Waals surface area (Å²) in [6, 6.07) is 15.7. The molecule has 1 aliphatic heterocycles. The van der Waals surface area contributed by atoms with Crippen LogP contribution in [0.15, 0.2) is 61.2 Å². The monoisotopic (exact) mass is 664 g/mol. The summed E-state index contributed by atoms with van der Waals surface area (Å²) in [5.74, 6) is -0.164. The summed E-state index contributed by atoms with van der Waals surface area (Å²) in [6.45, 7) is 14.0. The van der Waals surface area contributed by atoms with Gasteiger partial charge in [0, 0.05) is 43.2 Å². The van der Waals surface area contributed by atoms with Crippen molar-refractivity contribution in [2.75, 3.05) is 19.8 Å². The maximum atomic E-state index is 15.0. The molecule has 2 fully saturated rings. The van der Waals surface area contributed by atoms with Crippen molar-refractivity contribution in [3.05, 3.63) is 82.4 Å². The fourth-order valence-electron chi connectivity index (χ4n) is 6.12. The fraction of sp³-hybridized carbons (Fsp3) is 0.545. The van der Waals surface area contributed by atoms with Crippen LogP contribution in [-0.4, -0.2) is 58.3 Å². The Labute approximate surface area is 269 Å². The van der Waals surface area contributed by atoms with Crippen molar-refractivity contribution in [1.82, 2.24) is 9.62 Å². The lowest BCUT2D eigenvalue weighted by atomic mass is 9.66. The van der Waals surface area contributed by atoms with Crippen LogP contribution in [0.25, 0.3) is 0 Å². The van der Waals surface area contributed by atoms with Crippen molar-refractivity contribution >= 4 is 47.2 Å². The number of benzene rings is 2. The molecule has 10 heteroatoms. The molecule has 1 saturated heterocycles. The van der Waals surface area contributed by atoms with Crippen LogP contribution in [-0.2, 0) is 19.6 Å². The molecule has 0 spiro atoms. The summed E-state index contributed by atoms with van der Waals surface area (Å²) >= 11 is 12.8. The minimum atomic E-state index is -3.44. The first-order chi connectivity index (χ1) is 20.3. The molecule has 1 amide bonds. The van der Waals surface area contributed by atoms with E-state index in [9.17, 15) is 13.2 Å². The Hall–Kier alpha value is -1.68. The maximum Gasteiger partial charge on any atom is 0.232 e. The minimum absolute atomic E-state index is 0.0314. The third-order valence-corrected chi connectivity index (χ3v) is 12.8. The zero-order valence-electron chi connectivity index (χ0n) is 25.8. The summed E-state index contributed by atoms with van der Waals surface area (Å²) in [5.41, 5.74) is 1.10. The van der Waals surface area contributed by atoms with Gasteiger partial charge in [-0.05, 0) is 73.5 Å². The van der Waals surface area contributed by atoms with Gasteiger partial charge in [0.05, 0.1) is 23.3 Å². The summed E-state index contributed by atoms with van der Waals surface area (Å²) < 4.78 is 35.0. The first-order valence-corrected chi connectivity index (χ1v) is 21.3. The molecule has 2 aliphatic rings. The molecule has 0 aromatic heterocycles. The second kappa shape index (κ2) is 14.2. The van der Waals surface area contributed by atoms with Crippen molar-refractivity contribution in [2.45, 2.75) is 88.0 Å². The van der Waals surface area contributed by atoms with Crippen molar-refractivity contribution in [3.63, 3.8) is 0 Å². The predicted octanol–water partition coefficient (Wildman–Crippen LogP) is 7.83. The lowest BCUT2D eigenvalue weighted by molar-refractivity contribution is -0.160. The molecular weight excluding hydrogens is 619 g/mol. The van der Waals surface area contributed by atoms with E-state index in [0.717, 1.165) is 17.2 Å². The zero-order chi connectivity index (χ0) is 31.4. The van der Waals surface area contributed by atoms with Crippen molar-refractivity contribution < 1.29 is 17.9 Å². The fourth-order valence-corrected chi connectivity index (χ4v) is 8.62. The van der Waals surface area contributed by atoms with Gasteiger partial charge in [-0.25, -0.2) is 13.1 Å². The molecular formula is C33H46Cl2N2O4SSi. The van der Waals surface area contributed by atoms with E-state index in [1.165, 1.54) is 0 Å². The standard InChI is InChI=1S/C33H46Cl2N2O4SSi/c1-6-17-33(23-41-18-19-43(3,4)5)21-30(25-9-8-10-27(35)20-25)31(24-11-13-26(34)14-12-24)37(32(33)38)28(7-2)22-36-42(39,40)29-15-16-29/h6,8-14,20,28-31,36H,1,7,15-19,21-23H2,2-5H3/t28-,30+,31+,33-/m0/s1. The van der Waals surface area contributed by atoms with Crippen LogP contribution in [0, 0.1) is 5.41 Å². The van der Waals surface area contributed by atoms with E-state index in [-0.39, 0.29) is 42.3 Å². The number of hydrogen-bond acceptors (Lipinski definition) is 4. The number of ether oxygens (including phenoxy) is 1. The molecule has 1 N–H and O–H groups in total. The van der Waals surface area contributed by atoms with Crippen LogP contribution in [0.3, 0.4) is 0 Å². The van der Waals surface area contributed by atoms with Crippen LogP contribution >= 0.6 is 23.2 Å². The van der Waals surface area contributed by atoms with Crippen LogP contribution < -0.4 is 4.72 Å².